The maximum atomic E-state index is 12.6. The number of fused-ring (bicyclic) bond motifs is 1. The second-order valence-electron chi connectivity index (χ2n) is 7.78. The predicted octanol–water partition coefficient (Wildman–Crippen LogP) is 3.33. The van der Waals surface area contributed by atoms with Gasteiger partial charge in [-0.25, -0.2) is 23.1 Å². The molecule has 0 bridgehead atoms. The van der Waals surface area contributed by atoms with E-state index in [9.17, 15) is 13.2 Å². The number of aromatic nitrogens is 4. The van der Waals surface area contributed by atoms with Crippen LogP contribution >= 0.6 is 11.8 Å². The molecule has 0 aliphatic carbocycles. The number of nitrogens with zero attached hydrogens (tertiary/aromatic N) is 5. The number of nitrogens with one attached hydrogen (secondary N) is 1. The lowest BCUT2D eigenvalue weighted by atomic mass is 10.3. The number of anilines is 1. The van der Waals surface area contributed by atoms with Crippen LogP contribution in [-0.2, 0) is 14.8 Å². The van der Waals surface area contributed by atoms with Crippen molar-refractivity contribution in [1.82, 2.24) is 24.1 Å². The number of amides is 1. The minimum absolute atomic E-state index is 0.135. The third-order valence-corrected chi connectivity index (χ3v) is 8.43. The fraction of sp³-hybridized carbons (Fsp3) is 0.217. The first-order valence-electron chi connectivity index (χ1n) is 10.8. The van der Waals surface area contributed by atoms with Gasteiger partial charge in [-0.3, -0.25) is 4.79 Å². The molecule has 34 heavy (non-hydrogen) atoms. The number of hydrogen-bond donors (Lipinski definition) is 1. The van der Waals surface area contributed by atoms with Crippen LogP contribution in [-0.4, -0.2) is 57.2 Å². The van der Waals surface area contributed by atoms with Gasteiger partial charge in [0.25, 0.3) is 0 Å². The zero-order chi connectivity index (χ0) is 23.5. The summed E-state index contributed by atoms with van der Waals surface area (Å²) in [5, 5.41) is 8.66. The largest absolute Gasteiger partial charge is 0.325 e. The van der Waals surface area contributed by atoms with Gasteiger partial charge in [0, 0.05) is 18.8 Å². The van der Waals surface area contributed by atoms with Crippen LogP contribution in [0.4, 0.5) is 5.69 Å². The lowest BCUT2D eigenvalue weighted by molar-refractivity contribution is -0.113. The molecule has 1 N–H and O–H groups in total. The summed E-state index contributed by atoms with van der Waals surface area (Å²) >= 11 is 1.29. The van der Waals surface area contributed by atoms with Crippen molar-refractivity contribution in [2.45, 2.75) is 22.8 Å². The lowest BCUT2D eigenvalue weighted by Crippen LogP contribution is -2.27. The van der Waals surface area contributed by atoms with Crippen molar-refractivity contribution >= 4 is 44.4 Å². The molecule has 2 aromatic carbocycles. The van der Waals surface area contributed by atoms with E-state index in [1.807, 2.05) is 30.3 Å². The molecule has 1 fully saturated rings. The number of rotatable bonds is 7. The van der Waals surface area contributed by atoms with E-state index in [1.54, 1.807) is 23.0 Å². The van der Waals surface area contributed by atoms with Crippen molar-refractivity contribution in [3.8, 4) is 5.69 Å². The quantitative estimate of drug-likeness (QED) is 0.310. The molecule has 4 aromatic rings. The first kappa shape index (κ1) is 22.5. The highest BCUT2D eigenvalue weighted by molar-refractivity contribution is 8.00. The average molecular weight is 495 g/mol. The molecule has 0 unspecified atom stereocenters. The molecule has 3 heterocycles. The standard InChI is InChI=1S/C23H22N6O3S2/c30-21(27-17-8-10-19(11-9-17)34(31,32)28-12-4-5-13-28)15-33-23-20-14-26-29(22(20)24-16-25-23)18-6-2-1-3-7-18/h1-3,6-11,14,16H,4-5,12-13,15H2,(H,27,30). The normalized spacial score (nSPS) is 14.5. The van der Waals surface area contributed by atoms with Crippen molar-refractivity contribution in [3.63, 3.8) is 0 Å². The Labute approximate surface area is 201 Å². The van der Waals surface area contributed by atoms with E-state index in [-0.39, 0.29) is 16.6 Å². The van der Waals surface area contributed by atoms with Crippen LogP contribution in [0.25, 0.3) is 16.7 Å². The second kappa shape index (κ2) is 9.53. The summed E-state index contributed by atoms with van der Waals surface area (Å²) in [6.45, 7) is 1.11. The van der Waals surface area contributed by atoms with E-state index in [4.69, 9.17) is 0 Å². The molecular formula is C23H22N6O3S2. The highest BCUT2D eigenvalue weighted by Crippen LogP contribution is 2.26. The van der Waals surface area contributed by atoms with Gasteiger partial charge < -0.3 is 5.32 Å². The minimum atomic E-state index is -3.47. The molecule has 174 valence electrons. The highest BCUT2D eigenvalue weighted by atomic mass is 32.2. The fourth-order valence-corrected chi connectivity index (χ4v) is 6.09. The Kier molecular flexibility index (Phi) is 6.31. The summed E-state index contributed by atoms with van der Waals surface area (Å²) in [5.41, 5.74) is 2.09. The molecule has 1 aliphatic heterocycles. The SMILES string of the molecule is O=C(CSc1ncnc2c1cnn2-c1ccccc1)Nc1ccc(S(=O)(=O)N2CCCC2)cc1. The third-order valence-electron chi connectivity index (χ3n) is 5.51. The molecule has 11 heteroatoms. The molecule has 1 saturated heterocycles. The molecule has 1 amide bonds. The topological polar surface area (TPSA) is 110 Å². The van der Waals surface area contributed by atoms with Gasteiger partial charge in [-0.05, 0) is 49.2 Å². The van der Waals surface area contributed by atoms with Crippen LogP contribution in [0.5, 0.6) is 0 Å². The van der Waals surface area contributed by atoms with Gasteiger partial charge in [-0.1, -0.05) is 30.0 Å². The van der Waals surface area contributed by atoms with E-state index in [2.05, 4.69) is 20.4 Å². The van der Waals surface area contributed by atoms with Crippen LogP contribution in [0.1, 0.15) is 12.8 Å². The summed E-state index contributed by atoms with van der Waals surface area (Å²) in [6.07, 6.45) is 4.93. The summed E-state index contributed by atoms with van der Waals surface area (Å²) in [6, 6.07) is 16.0. The first-order chi connectivity index (χ1) is 16.5. The Hall–Kier alpha value is -3.28. The summed E-state index contributed by atoms with van der Waals surface area (Å²) in [5.74, 6) is -0.0847. The maximum absolute atomic E-state index is 12.6. The number of thioether (sulfide) groups is 1. The molecule has 5 rings (SSSR count). The fourth-order valence-electron chi connectivity index (χ4n) is 3.81. The highest BCUT2D eigenvalue weighted by Gasteiger charge is 2.27. The summed E-state index contributed by atoms with van der Waals surface area (Å²) in [4.78, 5) is 21.4. The Bertz CT molecular complexity index is 1420. The van der Waals surface area contributed by atoms with Crippen LogP contribution in [0, 0.1) is 0 Å². The van der Waals surface area contributed by atoms with Crippen LogP contribution in [0.2, 0.25) is 0 Å². The monoisotopic (exact) mass is 494 g/mol. The van der Waals surface area contributed by atoms with E-state index in [1.165, 1.54) is 34.5 Å². The summed E-state index contributed by atoms with van der Waals surface area (Å²) in [7, 11) is -3.47. The number of benzene rings is 2. The van der Waals surface area contributed by atoms with Crippen LogP contribution < -0.4 is 5.32 Å². The van der Waals surface area contributed by atoms with Gasteiger partial charge in [0.05, 0.1) is 27.9 Å². The molecule has 2 aromatic heterocycles. The zero-order valence-corrected chi connectivity index (χ0v) is 19.8. The second-order valence-corrected chi connectivity index (χ2v) is 10.7. The Morgan fingerprint density at radius 3 is 2.47 bits per heavy atom. The molecule has 1 aliphatic rings. The van der Waals surface area contributed by atoms with Gasteiger partial charge >= 0.3 is 0 Å². The van der Waals surface area contributed by atoms with Crippen LogP contribution in [0.3, 0.4) is 0 Å². The number of hydrogen-bond acceptors (Lipinski definition) is 7. The Morgan fingerprint density at radius 1 is 1.00 bits per heavy atom. The van der Waals surface area contributed by atoms with Crippen molar-refractivity contribution in [2.24, 2.45) is 0 Å². The molecule has 0 saturated carbocycles. The molecule has 0 atom stereocenters. The smallest absolute Gasteiger partial charge is 0.243 e. The number of carbonyl (C=O) groups excluding carboxylic acids is 1. The van der Waals surface area contributed by atoms with E-state index in [0.717, 1.165) is 23.9 Å². The average Bonchev–Trinajstić information content (AvgIpc) is 3.55. The first-order valence-corrected chi connectivity index (χ1v) is 13.2. The van der Waals surface area contributed by atoms with E-state index < -0.39 is 10.0 Å². The van der Waals surface area contributed by atoms with Gasteiger partial charge in [-0.2, -0.15) is 9.40 Å². The van der Waals surface area contributed by atoms with Gasteiger partial charge in [0.15, 0.2) is 5.65 Å². The van der Waals surface area contributed by atoms with Gasteiger partial charge in [0.2, 0.25) is 15.9 Å². The van der Waals surface area contributed by atoms with E-state index in [0.29, 0.717) is 29.5 Å². The number of para-hydroxylation sites is 1. The minimum Gasteiger partial charge on any atom is -0.325 e. The molecule has 9 nitrogen and oxygen atoms in total. The van der Waals surface area contributed by atoms with Crippen molar-refractivity contribution in [3.05, 3.63) is 67.1 Å². The van der Waals surface area contributed by atoms with Gasteiger partial charge in [0.1, 0.15) is 11.4 Å². The predicted molar refractivity (Wildman–Crippen MR) is 130 cm³/mol. The third kappa shape index (κ3) is 4.54. The van der Waals surface area contributed by atoms with E-state index >= 15 is 0 Å². The molecule has 0 radical (unpaired) electrons. The summed E-state index contributed by atoms with van der Waals surface area (Å²) < 4.78 is 28.5. The van der Waals surface area contributed by atoms with Gasteiger partial charge in [-0.15, -0.1) is 0 Å². The molecular weight excluding hydrogens is 472 g/mol. The van der Waals surface area contributed by atoms with Crippen molar-refractivity contribution < 1.29 is 13.2 Å². The van der Waals surface area contributed by atoms with Crippen LogP contribution in [0.15, 0.2) is 77.0 Å². The molecule has 0 spiro atoms. The van der Waals surface area contributed by atoms with Crippen molar-refractivity contribution in [2.75, 3.05) is 24.2 Å². The van der Waals surface area contributed by atoms with Crippen molar-refractivity contribution in [1.29, 1.82) is 0 Å². The Morgan fingerprint density at radius 2 is 1.74 bits per heavy atom. The zero-order valence-electron chi connectivity index (χ0n) is 18.2. The Balaban J connectivity index is 1.24. The number of sulfonamides is 1. The number of carbonyl (C=O) groups is 1. The maximum Gasteiger partial charge on any atom is 0.243 e. The lowest BCUT2D eigenvalue weighted by Gasteiger charge is -2.15.